The molecule has 1 aromatic rings. The maximum absolute atomic E-state index is 11.1. The van der Waals surface area contributed by atoms with E-state index in [1.807, 2.05) is 23.1 Å². The number of rotatable bonds is 2. The molecule has 2 aliphatic heterocycles. The van der Waals surface area contributed by atoms with Gasteiger partial charge < -0.3 is 21.1 Å². The zero-order valence-electron chi connectivity index (χ0n) is 11.8. The Morgan fingerprint density at radius 1 is 1.50 bits per heavy atom. The van der Waals surface area contributed by atoms with Crippen LogP contribution >= 0.6 is 0 Å². The molecule has 0 bridgehead atoms. The molecule has 1 unspecified atom stereocenters. The van der Waals surface area contributed by atoms with Gasteiger partial charge in [-0.1, -0.05) is 0 Å². The first-order valence-electron chi connectivity index (χ1n) is 6.72. The molecule has 20 heavy (non-hydrogen) atoms. The van der Waals surface area contributed by atoms with Crippen molar-refractivity contribution in [1.29, 1.82) is 0 Å². The second-order valence-corrected chi connectivity index (χ2v) is 6.04. The van der Waals surface area contributed by atoms with Crippen molar-refractivity contribution in [3.63, 3.8) is 0 Å². The van der Waals surface area contributed by atoms with Crippen molar-refractivity contribution in [2.24, 2.45) is 5.73 Å². The highest BCUT2D eigenvalue weighted by molar-refractivity contribution is 5.76. The third-order valence-electron chi connectivity index (χ3n) is 4.01. The molecule has 2 aliphatic rings. The predicted molar refractivity (Wildman–Crippen MR) is 77.5 cm³/mol. The average molecular weight is 276 g/mol. The van der Waals surface area contributed by atoms with Gasteiger partial charge in [-0.05, 0) is 32.0 Å². The third kappa shape index (κ3) is 2.06. The SMILES string of the molecule is CC1(C)Oc2ccc(N)cc2N2CN(CC(N)=O)CC21. The maximum atomic E-state index is 11.1. The summed E-state index contributed by atoms with van der Waals surface area (Å²) in [4.78, 5) is 15.4. The van der Waals surface area contributed by atoms with Gasteiger partial charge in [-0.2, -0.15) is 0 Å². The Labute approximate surface area is 118 Å². The fourth-order valence-electron chi connectivity index (χ4n) is 3.09. The molecule has 108 valence electrons. The van der Waals surface area contributed by atoms with Crippen LogP contribution in [-0.4, -0.2) is 42.2 Å². The second kappa shape index (κ2) is 4.28. The number of anilines is 2. The lowest BCUT2D eigenvalue weighted by molar-refractivity contribution is -0.118. The van der Waals surface area contributed by atoms with Crippen LogP contribution < -0.4 is 21.1 Å². The van der Waals surface area contributed by atoms with E-state index in [1.165, 1.54) is 0 Å². The number of nitrogens with zero attached hydrogens (tertiary/aromatic N) is 2. The van der Waals surface area contributed by atoms with E-state index in [2.05, 4.69) is 18.7 Å². The first-order valence-corrected chi connectivity index (χ1v) is 6.72. The molecule has 1 amide bonds. The Balaban J connectivity index is 1.96. The lowest BCUT2D eigenvalue weighted by atomic mass is 9.95. The molecular weight excluding hydrogens is 256 g/mol. The smallest absolute Gasteiger partial charge is 0.231 e. The van der Waals surface area contributed by atoms with Gasteiger partial charge in [0.2, 0.25) is 5.91 Å². The summed E-state index contributed by atoms with van der Waals surface area (Å²) >= 11 is 0. The molecule has 3 rings (SSSR count). The molecule has 1 saturated heterocycles. The molecule has 1 atom stereocenters. The highest BCUT2D eigenvalue weighted by Crippen LogP contribution is 2.43. The Hall–Kier alpha value is -1.95. The number of nitrogens with two attached hydrogens (primary N) is 2. The van der Waals surface area contributed by atoms with E-state index in [-0.39, 0.29) is 24.1 Å². The van der Waals surface area contributed by atoms with Crippen LogP contribution in [0.4, 0.5) is 11.4 Å². The number of amides is 1. The molecule has 0 aromatic heterocycles. The van der Waals surface area contributed by atoms with Crippen LogP contribution in [0.15, 0.2) is 18.2 Å². The molecule has 0 spiro atoms. The number of ether oxygens (including phenoxy) is 1. The summed E-state index contributed by atoms with van der Waals surface area (Å²) in [7, 11) is 0. The number of benzene rings is 1. The van der Waals surface area contributed by atoms with Crippen LogP contribution in [0.2, 0.25) is 0 Å². The average Bonchev–Trinajstić information content (AvgIpc) is 2.74. The molecule has 6 nitrogen and oxygen atoms in total. The standard InChI is InChI=1S/C14H20N4O2/c1-14(2)12-6-17(7-13(16)19)8-18(12)10-5-9(15)3-4-11(10)20-14/h3-5,12H,6-8,15H2,1-2H3,(H2,16,19). The monoisotopic (exact) mass is 276 g/mol. The Morgan fingerprint density at radius 3 is 2.95 bits per heavy atom. The summed E-state index contributed by atoms with van der Waals surface area (Å²) in [5, 5.41) is 0. The molecule has 6 heteroatoms. The van der Waals surface area contributed by atoms with Crippen LogP contribution in [0.25, 0.3) is 0 Å². The van der Waals surface area contributed by atoms with Crippen molar-refractivity contribution in [1.82, 2.24) is 4.90 Å². The van der Waals surface area contributed by atoms with Gasteiger partial charge in [0, 0.05) is 12.2 Å². The van der Waals surface area contributed by atoms with Gasteiger partial charge in [-0.15, -0.1) is 0 Å². The van der Waals surface area contributed by atoms with Crippen molar-refractivity contribution in [3.8, 4) is 5.75 Å². The summed E-state index contributed by atoms with van der Waals surface area (Å²) < 4.78 is 6.10. The highest BCUT2D eigenvalue weighted by Gasteiger charge is 2.46. The van der Waals surface area contributed by atoms with E-state index in [0.29, 0.717) is 12.4 Å². The minimum absolute atomic E-state index is 0.177. The number of nitrogen functional groups attached to an aromatic ring is 1. The third-order valence-corrected chi connectivity index (χ3v) is 4.01. The normalized spacial score (nSPS) is 23.9. The first kappa shape index (κ1) is 13.1. The Bertz CT molecular complexity index is 558. The van der Waals surface area contributed by atoms with Gasteiger partial charge in [-0.25, -0.2) is 0 Å². The molecule has 0 saturated carbocycles. The number of hydrogen-bond acceptors (Lipinski definition) is 5. The van der Waals surface area contributed by atoms with Gasteiger partial charge in [0.1, 0.15) is 11.4 Å². The number of hydrogen-bond donors (Lipinski definition) is 2. The minimum Gasteiger partial charge on any atom is -0.483 e. The van der Waals surface area contributed by atoms with Gasteiger partial charge in [0.25, 0.3) is 0 Å². The fourth-order valence-corrected chi connectivity index (χ4v) is 3.09. The van der Waals surface area contributed by atoms with E-state index < -0.39 is 0 Å². The quantitative estimate of drug-likeness (QED) is 0.763. The summed E-state index contributed by atoms with van der Waals surface area (Å²) in [6, 6.07) is 5.84. The predicted octanol–water partition coefficient (Wildman–Crippen LogP) is 0.373. The number of carbonyl (C=O) groups is 1. The van der Waals surface area contributed by atoms with Crippen molar-refractivity contribution in [2.75, 3.05) is 30.4 Å². The first-order chi connectivity index (χ1) is 9.37. The zero-order valence-corrected chi connectivity index (χ0v) is 11.8. The van der Waals surface area contributed by atoms with E-state index in [9.17, 15) is 4.79 Å². The van der Waals surface area contributed by atoms with Gasteiger partial charge in [-0.3, -0.25) is 9.69 Å². The molecule has 1 aromatic carbocycles. The van der Waals surface area contributed by atoms with E-state index in [4.69, 9.17) is 16.2 Å². The van der Waals surface area contributed by atoms with Crippen LogP contribution in [0.3, 0.4) is 0 Å². The Morgan fingerprint density at radius 2 is 2.25 bits per heavy atom. The van der Waals surface area contributed by atoms with E-state index in [0.717, 1.165) is 18.0 Å². The molecule has 0 aliphatic carbocycles. The number of fused-ring (bicyclic) bond motifs is 3. The van der Waals surface area contributed by atoms with Crippen LogP contribution in [0.1, 0.15) is 13.8 Å². The minimum atomic E-state index is -0.324. The molecule has 2 heterocycles. The molecular formula is C14H20N4O2. The van der Waals surface area contributed by atoms with Crippen molar-refractivity contribution < 1.29 is 9.53 Å². The highest BCUT2D eigenvalue weighted by atomic mass is 16.5. The summed E-state index contributed by atoms with van der Waals surface area (Å²) in [6.07, 6.45) is 0. The maximum Gasteiger partial charge on any atom is 0.231 e. The molecule has 0 radical (unpaired) electrons. The summed E-state index contributed by atoms with van der Waals surface area (Å²) in [5.41, 5.74) is 12.5. The summed E-state index contributed by atoms with van der Waals surface area (Å²) in [6.45, 7) is 5.82. The van der Waals surface area contributed by atoms with Crippen LogP contribution in [0.5, 0.6) is 5.75 Å². The van der Waals surface area contributed by atoms with E-state index in [1.54, 1.807) is 0 Å². The van der Waals surface area contributed by atoms with Gasteiger partial charge in [0.05, 0.1) is 24.9 Å². The number of primary amides is 1. The van der Waals surface area contributed by atoms with Crippen molar-refractivity contribution in [2.45, 2.75) is 25.5 Å². The Kier molecular flexibility index (Phi) is 2.79. The topological polar surface area (TPSA) is 84.8 Å². The number of carbonyl (C=O) groups excluding carboxylic acids is 1. The van der Waals surface area contributed by atoms with Gasteiger partial charge in [0.15, 0.2) is 0 Å². The van der Waals surface area contributed by atoms with Crippen molar-refractivity contribution >= 4 is 17.3 Å². The van der Waals surface area contributed by atoms with E-state index >= 15 is 0 Å². The second-order valence-electron chi connectivity index (χ2n) is 6.04. The van der Waals surface area contributed by atoms with Gasteiger partial charge >= 0.3 is 0 Å². The van der Waals surface area contributed by atoms with Crippen molar-refractivity contribution in [3.05, 3.63) is 18.2 Å². The lowest BCUT2D eigenvalue weighted by Crippen LogP contribution is -2.54. The van der Waals surface area contributed by atoms with Crippen LogP contribution in [0, 0.1) is 0 Å². The molecule has 1 fully saturated rings. The van der Waals surface area contributed by atoms with Crippen LogP contribution in [-0.2, 0) is 4.79 Å². The molecule has 4 N–H and O–H groups in total. The largest absolute Gasteiger partial charge is 0.483 e. The summed E-state index contributed by atoms with van der Waals surface area (Å²) in [5.74, 6) is 0.526. The zero-order chi connectivity index (χ0) is 14.5. The lowest BCUT2D eigenvalue weighted by Gasteiger charge is -2.44. The fraction of sp³-hybridized carbons (Fsp3) is 0.500.